The highest BCUT2D eigenvalue weighted by molar-refractivity contribution is 5.82. The van der Waals surface area contributed by atoms with Gasteiger partial charge in [-0.05, 0) is 25.7 Å². The number of hydrogen-bond donors (Lipinski definition) is 2. The van der Waals surface area contributed by atoms with Crippen molar-refractivity contribution in [2.75, 3.05) is 13.2 Å². The second kappa shape index (κ2) is 4.94. The lowest BCUT2D eigenvalue weighted by molar-refractivity contribution is -0.124. The molecule has 0 aromatic rings. The van der Waals surface area contributed by atoms with Crippen LogP contribution in [0.2, 0.25) is 0 Å². The van der Waals surface area contributed by atoms with Crippen molar-refractivity contribution in [1.29, 1.82) is 0 Å². The summed E-state index contributed by atoms with van der Waals surface area (Å²) in [6, 6.07) is -0.401. The minimum absolute atomic E-state index is 0.0586. The zero-order valence-corrected chi connectivity index (χ0v) is 9.88. The lowest BCUT2D eigenvalue weighted by Crippen LogP contribution is -2.52. The van der Waals surface area contributed by atoms with E-state index in [4.69, 9.17) is 10.5 Å². The first-order chi connectivity index (χ1) is 6.93. The highest BCUT2D eigenvalue weighted by Crippen LogP contribution is 2.17. The molecule has 1 rings (SSSR count). The number of ether oxygens (including phenoxy) is 1. The number of amides is 1. The summed E-state index contributed by atoms with van der Waals surface area (Å²) in [7, 11) is 0. The summed E-state index contributed by atoms with van der Waals surface area (Å²) < 4.78 is 5.27. The van der Waals surface area contributed by atoms with Gasteiger partial charge in [0.05, 0.1) is 18.2 Å². The molecule has 0 saturated carbocycles. The van der Waals surface area contributed by atoms with Crippen LogP contribution < -0.4 is 11.1 Å². The molecule has 1 fully saturated rings. The molecule has 0 aromatic carbocycles. The van der Waals surface area contributed by atoms with Gasteiger partial charge in [0.25, 0.3) is 0 Å². The van der Waals surface area contributed by atoms with Gasteiger partial charge in [-0.1, -0.05) is 13.8 Å². The van der Waals surface area contributed by atoms with E-state index in [-0.39, 0.29) is 11.4 Å². The maximum atomic E-state index is 11.7. The van der Waals surface area contributed by atoms with Crippen LogP contribution in [0.15, 0.2) is 0 Å². The van der Waals surface area contributed by atoms with Gasteiger partial charge in [-0.25, -0.2) is 0 Å². The van der Waals surface area contributed by atoms with Gasteiger partial charge in [-0.15, -0.1) is 0 Å². The van der Waals surface area contributed by atoms with E-state index in [9.17, 15) is 4.79 Å². The normalized spacial score (nSPS) is 28.1. The Morgan fingerprint density at radius 2 is 2.27 bits per heavy atom. The molecular formula is C11H22N2O2. The molecule has 0 bridgehead atoms. The van der Waals surface area contributed by atoms with Crippen molar-refractivity contribution in [2.45, 2.75) is 45.2 Å². The van der Waals surface area contributed by atoms with Crippen LogP contribution in [0.4, 0.5) is 0 Å². The number of hydrogen-bond acceptors (Lipinski definition) is 3. The van der Waals surface area contributed by atoms with Crippen molar-refractivity contribution in [2.24, 2.45) is 11.7 Å². The maximum absolute atomic E-state index is 11.7. The van der Waals surface area contributed by atoms with Crippen LogP contribution >= 0.6 is 0 Å². The first-order valence-corrected chi connectivity index (χ1v) is 5.58. The second-order valence-electron chi connectivity index (χ2n) is 5.09. The van der Waals surface area contributed by atoms with E-state index in [0.717, 1.165) is 19.4 Å². The number of nitrogens with two attached hydrogens (primary N) is 1. The summed E-state index contributed by atoms with van der Waals surface area (Å²) in [5, 5.41) is 2.97. The Morgan fingerprint density at radius 1 is 1.60 bits per heavy atom. The predicted molar refractivity (Wildman–Crippen MR) is 59.4 cm³/mol. The number of carbonyl (C=O) groups is 1. The third-order valence-electron chi connectivity index (χ3n) is 2.71. The molecule has 4 heteroatoms. The number of rotatable bonds is 4. The van der Waals surface area contributed by atoms with Crippen LogP contribution in [0.5, 0.6) is 0 Å². The number of nitrogens with one attached hydrogen (secondary N) is 1. The minimum Gasteiger partial charge on any atom is -0.379 e. The van der Waals surface area contributed by atoms with Crippen LogP contribution in [0, 0.1) is 5.92 Å². The van der Waals surface area contributed by atoms with Gasteiger partial charge in [0.2, 0.25) is 5.91 Å². The van der Waals surface area contributed by atoms with Gasteiger partial charge in [0.15, 0.2) is 0 Å². The fourth-order valence-corrected chi connectivity index (χ4v) is 1.77. The van der Waals surface area contributed by atoms with Gasteiger partial charge in [0, 0.05) is 6.61 Å². The fourth-order valence-electron chi connectivity index (χ4n) is 1.77. The SMILES string of the molecule is CC(C)C[C@@H](N)C(=O)NC1(C)CCOC1. The Balaban J connectivity index is 2.40. The summed E-state index contributed by atoms with van der Waals surface area (Å²) in [4.78, 5) is 11.7. The van der Waals surface area contributed by atoms with Gasteiger partial charge in [0.1, 0.15) is 0 Å². The highest BCUT2D eigenvalue weighted by Gasteiger charge is 2.32. The Morgan fingerprint density at radius 3 is 2.73 bits per heavy atom. The van der Waals surface area contributed by atoms with Crippen molar-refractivity contribution >= 4 is 5.91 Å². The zero-order chi connectivity index (χ0) is 11.5. The Kier molecular flexibility index (Phi) is 4.11. The lowest BCUT2D eigenvalue weighted by Gasteiger charge is -2.26. The van der Waals surface area contributed by atoms with Crippen molar-refractivity contribution in [3.63, 3.8) is 0 Å². The van der Waals surface area contributed by atoms with Crippen LogP contribution in [-0.4, -0.2) is 30.7 Å². The van der Waals surface area contributed by atoms with Crippen molar-refractivity contribution in [1.82, 2.24) is 5.32 Å². The summed E-state index contributed by atoms with van der Waals surface area (Å²) in [6.07, 6.45) is 1.59. The second-order valence-corrected chi connectivity index (χ2v) is 5.09. The van der Waals surface area contributed by atoms with Crippen LogP contribution in [0.3, 0.4) is 0 Å². The molecular weight excluding hydrogens is 192 g/mol. The smallest absolute Gasteiger partial charge is 0.237 e. The summed E-state index contributed by atoms with van der Waals surface area (Å²) >= 11 is 0. The van der Waals surface area contributed by atoms with E-state index in [0.29, 0.717) is 12.5 Å². The Labute approximate surface area is 91.5 Å². The molecule has 4 nitrogen and oxygen atoms in total. The molecule has 0 radical (unpaired) electrons. The van der Waals surface area contributed by atoms with Crippen molar-refractivity contribution in [3.8, 4) is 0 Å². The van der Waals surface area contributed by atoms with Gasteiger partial charge >= 0.3 is 0 Å². The highest BCUT2D eigenvalue weighted by atomic mass is 16.5. The van der Waals surface area contributed by atoms with Gasteiger partial charge in [-0.3, -0.25) is 4.79 Å². The first-order valence-electron chi connectivity index (χ1n) is 5.58. The third-order valence-corrected chi connectivity index (χ3v) is 2.71. The molecule has 1 aliphatic heterocycles. The molecule has 1 saturated heterocycles. The molecule has 0 aliphatic carbocycles. The minimum atomic E-state index is -0.401. The molecule has 1 heterocycles. The lowest BCUT2D eigenvalue weighted by atomic mass is 9.99. The molecule has 1 unspecified atom stereocenters. The molecule has 15 heavy (non-hydrogen) atoms. The first kappa shape index (κ1) is 12.5. The predicted octanol–water partition coefficient (Wildman–Crippen LogP) is 0.655. The van der Waals surface area contributed by atoms with Crippen molar-refractivity contribution < 1.29 is 9.53 Å². The van der Waals surface area contributed by atoms with E-state index < -0.39 is 6.04 Å². The summed E-state index contributed by atoms with van der Waals surface area (Å²) in [6.45, 7) is 7.43. The summed E-state index contributed by atoms with van der Waals surface area (Å²) in [5.41, 5.74) is 5.59. The van der Waals surface area contributed by atoms with Crippen LogP contribution in [0.25, 0.3) is 0 Å². The van der Waals surface area contributed by atoms with E-state index in [1.165, 1.54) is 0 Å². The Bertz CT molecular complexity index is 223. The van der Waals surface area contributed by atoms with E-state index >= 15 is 0 Å². The van der Waals surface area contributed by atoms with E-state index in [2.05, 4.69) is 19.2 Å². The molecule has 1 aliphatic rings. The molecule has 2 atom stereocenters. The van der Waals surface area contributed by atoms with E-state index in [1.807, 2.05) is 6.92 Å². The quantitative estimate of drug-likeness (QED) is 0.722. The molecule has 1 amide bonds. The average Bonchev–Trinajstić information content (AvgIpc) is 2.50. The fraction of sp³-hybridized carbons (Fsp3) is 0.909. The summed E-state index contributed by atoms with van der Waals surface area (Å²) in [5.74, 6) is 0.384. The maximum Gasteiger partial charge on any atom is 0.237 e. The molecule has 0 aromatic heterocycles. The molecule has 88 valence electrons. The van der Waals surface area contributed by atoms with Crippen LogP contribution in [-0.2, 0) is 9.53 Å². The largest absolute Gasteiger partial charge is 0.379 e. The van der Waals surface area contributed by atoms with Gasteiger partial charge < -0.3 is 15.8 Å². The van der Waals surface area contributed by atoms with Crippen molar-refractivity contribution in [3.05, 3.63) is 0 Å². The van der Waals surface area contributed by atoms with Crippen LogP contribution in [0.1, 0.15) is 33.6 Å². The Hall–Kier alpha value is -0.610. The zero-order valence-electron chi connectivity index (χ0n) is 9.88. The van der Waals surface area contributed by atoms with E-state index in [1.54, 1.807) is 0 Å². The standard InChI is InChI=1S/C11H22N2O2/c1-8(2)6-9(12)10(14)13-11(3)4-5-15-7-11/h8-9H,4-7,12H2,1-3H3,(H,13,14)/t9-,11?/m1/s1. The number of carbonyl (C=O) groups excluding carboxylic acids is 1. The monoisotopic (exact) mass is 214 g/mol. The third kappa shape index (κ3) is 3.80. The molecule has 0 spiro atoms. The topological polar surface area (TPSA) is 64.4 Å². The average molecular weight is 214 g/mol. The molecule has 3 N–H and O–H groups in total. The van der Waals surface area contributed by atoms with Gasteiger partial charge in [-0.2, -0.15) is 0 Å².